The topological polar surface area (TPSA) is 74.8 Å². The Morgan fingerprint density at radius 3 is 2.57 bits per heavy atom. The fraction of sp³-hybridized carbons (Fsp3) is 0.292. The molecule has 1 aliphatic rings. The van der Waals surface area contributed by atoms with Crippen LogP contribution < -0.4 is 10.9 Å². The van der Waals surface area contributed by atoms with Gasteiger partial charge < -0.3 is 10.3 Å². The van der Waals surface area contributed by atoms with Gasteiger partial charge in [0.1, 0.15) is 11.6 Å². The summed E-state index contributed by atoms with van der Waals surface area (Å²) >= 11 is 0. The van der Waals surface area contributed by atoms with Crippen LogP contribution in [0.2, 0.25) is 0 Å². The summed E-state index contributed by atoms with van der Waals surface area (Å²) in [4.78, 5) is 32.7. The first-order valence-corrected chi connectivity index (χ1v) is 10.3. The molecule has 0 radical (unpaired) electrons. The van der Waals surface area contributed by atoms with Gasteiger partial charge in [0.25, 0.3) is 5.56 Å². The smallest absolute Gasteiger partial charge is 0.254 e. The number of carbonyl (C=O) groups excluding carboxylic acids is 1. The van der Waals surface area contributed by atoms with E-state index < -0.39 is 0 Å². The number of amides is 1. The molecule has 0 aliphatic heterocycles. The highest BCUT2D eigenvalue weighted by atomic mass is 19.1. The highest BCUT2D eigenvalue weighted by Gasteiger charge is 2.25. The zero-order valence-electron chi connectivity index (χ0n) is 16.7. The third kappa shape index (κ3) is 4.64. The van der Waals surface area contributed by atoms with Crippen molar-refractivity contribution in [2.24, 2.45) is 5.92 Å². The van der Waals surface area contributed by atoms with Crippen LogP contribution in [0.1, 0.15) is 29.7 Å². The molecular weight excluding hydrogens is 381 g/mol. The van der Waals surface area contributed by atoms with Gasteiger partial charge in [0.15, 0.2) is 0 Å². The van der Waals surface area contributed by atoms with Gasteiger partial charge in [-0.3, -0.25) is 9.59 Å². The Morgan fingerprint density at radius 2 is 1.80 bits per heavy atom. The number of benzene rings is 2. The van der Waals surface area contributed by atoms with Gasteiger partial charge >= 0.3 is 0 Å². The minimum Gasteiger partial charge on any atom is -0.356 e. The van der Waals surface area contributed by atoms with E-state index in [4.69, 9.17) is 0 Å². The largest absolute Gasteiger partial charge is 0.356 e. The second-order valence-electron chi connectivity index (χ2n) is 7.65. The number of rotatable bonds is 5. The molecule has 0 saturated carbocycles. The Labute approximate surface area is 174 Å². The number of aryl methyl sites for hydroxylation is 1. The van der Waals surface area contributed by atoms with Crippen LogP contribution in [-0.4, -0.2) is 22.4 Å². The highest BCUT2D eigenvalue weighted by molar-refractivity contribution is 5.78. The van der Waals surface area contributed by atoms with E-state index in [1.807, 2.05) is 30.3 Å². The maximum absolute atomic E-state index is 13.2. The zero-order chi connectivity index (χ0) is 20.9. The van der Waals surface area contributed by atoms with Crippen molar-refractivity contribution in [1.29, 1.82) is 0 Å². The molecule has 1 unspecified atom stereocenters. The van der Waals surface area contributed by atoms with E-state index in [1.165, 1.54) is 17.7 Å². The van der Waals surface area contributed by atoms with Crippen LogP contribution in [0.4, 0.5) is 4.39 Å². The predicted octanol–water partition coefficient (Wildman–Crippen LogP) is 3.43. The summed E-state index contributed by atoms with van der Waals surface area (Å²) in [7, 11) is 0. The van der Waals surface area contributed by atoms with Crippen molar-refractivity contribution in [3.8, 4) is 11.4 Å². The van der Waals surface area contributed by atoms with Crippen molar-refractivity contribution >= 4 is 5.91 Å². The Bertz CT molecular complexity index is 1080. The number of H-pyrrole nitrogens is 1. The normalized spacial score (nSPS) is 15.8. The summed E-state index contributed by atoms with van der Waals surface area (Å²) in [5.41, 5.74) is 3.06. The molecule has 1 atom stereocenters. The van der Waals surface area contributed by atoms with E-state index in [0.29, 0.717) is 49.2 Å². The summed E-state index contributed by atoms with van der Waals surface area (Å²) in [6.45, 7) is 0.597. The lowest BCUT2D eigenvalue weighted by atomic mass is 9.98. The molecule has 1 amide bonds. The third-order valence-electron chi connectivity index (χ3n) is 5.62. The van der Waals surface area contributed by atoms with E-state index in [-0.39, 0.29) is 23.2 Å². The Morgan fingerprint density at radius 1 is 1.07 bits per heavy atom. The summed E-state index contributed by atoms with van der Waals surface area (Å²) in [5.74, 6) is -0.000874. The number of hydrogen-bond acceptors (Lipinski definition) is 3. The average molecular weight is 405 g/mol. The first kappa shape index (κ1) is 20.0. The van der Waals surface area contributed by atoms with Crippen LogP contribution in [0.25, 0.3) is 11.4 Å². The standard InChI is InChI=1S/C24H24FN3O2/c25-19-10-6-17(7-11-19)22-27-21-13-9-18(8-12-20(21)24(30)28-22)23(29)26-15-14-16-4-2-1-3-5-16/h1-7,10-11,18H,8-9,12-15H2,(H,26,29)(H,27,28,30). The molecule has 1 heterocycles. The van der Waals surface area contributed by atoms with Crippen LogP contribution in [0.15, 0.2) is 59.4 Å². The van der Waals surface area contributed by atoms with Gasteiger partial charge in [0, 0.05) is 23.6 Å². The molecule has 2 aromatic carbocycles. The Kier molecular flexibility index (Phi) is 6.02. The number of fused-ring (bicyclic) bond motifs is 1. The van der Waals surface area contributed by atoms with E-state index in [0.717, 1.165) is 12.1 Å². The summed E-state index contributed by atoms with van der Waals surface area (Å²) in [6, 6.07) is 15.9. The first-order valence-electron chi connectivity index (χ1n) is 10.3. The lowest BCUT2D eigenvalue weighted by molar-refractivity contribution is -0.125. The lowest BCUT2D eigenvalue weighted by Gasteiger charge is -2.14. The molecule has 30 heavy (non-hydrogen) atoms. The number of nitrogens with zero attached hydrogens (tertiary/aromatic N) is 1. The van der Waals surface area contributed by atoms with Crippen molar-refractivity contribution in [3.05, 3.63) is 87.6 Å². The van der Waals surface area contributed by atoms with Crippen LogP contribution in [0.3, 0.4) is 0 Å². The van der Waals surface area contributed by atoms with Gasteiger partial charge in [-0.2, -0.15) is 0 Å². The molecule has 0 fully saturated rings. The summed E-state index contributed by atoms with van der Waals surface area (Å²) < 4.78 is 13.2. The second-order valence-corrected chi connectivity index (χ2v) is 7.65. The molecule has 5 nitrogen and oxygen atoms in total. The number of nitrogens with one attached hydrogen (secondary N) is 2. The summed E-state index contributed by atoms with van der Waals surface area (Å²) in [6.07, 6.45) is 3.18. The average Bonchev–Trinajstić information content (AvgIpc) is 2.98. The number of aromatic nitrogens is 2. The third-order valence-corrected chi connectivity index (χ3v) is 5.62. The lowest BCUT2D eigenvalue weighted by Crippen LogP contribution is -2.32. The number of hydrogen-bond donors (Lipinski definition) is 2. The minimum absolute atomic E-state index is 0.0360. The number of aromatic amines is 1. The van der Waals surface area contributed by atoms with Crippen LogP contribution >= 0.6 is 0 Å². The molecule has 0 bridgehead atoms. The van der Waals surface area contributed by atoms with E-state index >= 15 is 0 Å². The molecule has 0 saturated heterocycles. The quantitative estimate of drug-likeness (QED) is 0.639. The van der Waals surface area contributed by atoms with E-state index in [2.05, 4.69) is 15.3 Å². The van der Waals surface area contributed by atoms with Crippen molar-refractivity contribution in [2.75, 3.05) is 6.54 Å². The zero-order valence-corrected chi connectivity index (χ0v) is 16.7. The molecular formula is C24H24FN3O2. The monoisotopic (exact) mass is 405 g/mol. The van der Waals surface area contributed by atoms with Gasteiger partial charge in [-0.25, -0.2) is 9.37 Å². The van der Waals surface area contributed by atoms with E-state index in [1.54, 1.807) is 12.1 Å². The molecule has 1 aliphatic carbocycles. The second kappa shape index (κ2) is 9.03. The Hall–Kier alpha value is -3.28. The van der Waals surface area contributed by atoms with Crippen LogP contribution in [0, 0.1) is 11.7 Å². The molecule has 1 aromatic heterocycles. The van der Waals surface area contributed by atoms with Gasteiger partial charge in [-0.05, 0) is 61.9 Å². The molecule has 154 valence electrons. The fourth-order valence-electron chi connectivity index (χ4n) is 3.91. The van der Waals surface area contributed by atoms with E-state index in [9.17, 15) is 14.0 Å². The fourth-order valence-corrected chi connectivity index (χ4v) is 3.91. The minimum atomic E-state index is -0.336. The molecule has 2 N–H and O–H groups in total. The van der Waals surface area contributed by atoms with Crippen molar-refractivity contribution < 1.29 is 9.18 Å². The van der Waals surface area contributed by atoms with Gasteiger partial charge in [0.05, 0.1) is 5.69 Å². The maximum atomic E-state index is 13.2. The highest BCUT2D eigenvalue weighted by Crippen LogP contribution is 2.23. The number of halogens is 1. The van der Waals surface area contributed by atoms with Crippen molar-refractivity contribution in [2.45, 2.75) is 32.1 Å². The summed E-state index contributed by atoms with van der Waals surface area (Å²) in [5, 5.41) is 3.03. The van der Waals surface area contributed by atoms with Gasteiger partial charge in [-0.1, -0.05) is 30.3 Å². The predicted molar refractivity (Wildman–Crippen MR) is 114 cm³/mol. The van der Waals surface area contributed by atoms with Crippen molar-refractivity contribution in [3.63, 3.8) is 0 Å². The SMILES string of the molecule is O=C(NCCc1ccccc1)C1CCc2nc(-c3ccc(F)cc3)[nH]c(=O)c2CC1. The van der Waals surface area contributed by atoms with Crippen molar-refractivity contribution in [1.82, 2.24) is 15.3 Å². The van der Waals surface area contributed by atoms with Crippen LogP contribution in [0.5, 0.6) is 0 Å². The van der Waals surface area contributed by atoms with Crippen LogP contribution in [-0.2, 0) is 24.1 Å². The number of carbonyl (C=O) groups is 1. The molecule has 4 rings (SSSR count). The van der Waals surface area contributed by atoms with Gasteiger partial charge in [-0.15, -0.1) is 0 Å². The molecule has 6 heteroatoms. The molecule has 0 spiro atoms. The Balaban J connectivity index is 1.41. The van der Waals surface area contributed by atoms with Gasteiger partial charge in [0.2, 0.25) is 5.91 Å². The maximum Gasteiger partial charge on any atom is 0.254 e. The first-order chi connectivity index (χ1) is 14.6. The molecule has 3 aromatic rings.